The van der Waals surface area contributed by atoms with Gasteiger partial charge in [0.25, 0.3) is 5.56 Å². The molecule has 1 aromatic carbocycles. The lowest BCUT2D eigenvalue weighted by molar-refractivity contribution is 0.664. The molecular formula is C13H14N6OS. The van der Waals surface area contributed by atoms with Gasteiger partial charge in [-0.1, -0.05) is 23.9 Å². The second kappa shape index (κ2) is 5.57. The van der Waals surface area contributed by atoms with Crippen molar-refractivity contribution in [2.24, 2.45) is 7.05 Å². The lowest BCUT2D eigenvalue weighted by atomic mass is 10.2. The van der Waals surface area contributed by atoms with E-state index in [1.165, 1.54) is 16.4 Å². The smallest absolute Gasteiger partial charge is 0.271 e. The van der Waals surface area contributed by atoms with E-state index in [1.54, 1.807) is 17.8 Å². The molecule has 21 heavy (non-hydrogen) atoms. The van der Waals surface area contributed by atoms with Gasteiger partial charge < -0.3 is 0 Å². The number of hydrogen-bond donors (Lipinski definition) is 1. The second-order valence-electron chi connectivity index (χ2n) is 4.67. The summed E-state index contributed by atoms with van der Waals surface area (Å²) >= 11 is 1.47. The molecule has 0 unspecified atom stereocenters. The standard InChI is InChI=1S/C13H14N6OS/c1-9-4-3-5-11(6-9)19-12(20)7-10(15-19)8-21-13-14-16-17-18(13)2/h3-7,15H,8H2,1-2H3. The van der Waals surface area contributed by atoms with Gasteiger partial charge in [0.15, 0.2) is 0 Å². The fourth-order valence-electron chi connectivity index (χ4n) is 1.96. The highest BCUT2D eigenvalue weighted by Gasteiger charge is 2.08. The number of aryl methyl sites for hydroxylation is 2. The lowest BCUT2D eigenvalue weighted by Crippen LogP contribution is -2.13. The summed E-state index contributed by atoms with van der Waals surface area (Å²) in [4.78, 5) is 12.1. The Kier molecular flexibility index (Phi) is 3.61. The van der Waals surface area contributed by atoms with Crippen LogP contribution < -0.4 is 5.56 Å². The second-order valence-corrected chi connectivity index (χ2v) is 5.61. The van der Waals surface area contributed by atoms with E-state index in [4.69, 9.17) is 0 Å². The van der Waals surface area contributed by atoms with Crippen molar-refractivity contribution < 1.29 is 0 Å². The third kappa shape index (κ3) is 2.89. The van der Waals surface area contributed by atoms with Gasteiger partial charge in [-0.2, -0.15) is 0 Å². The molecule has 0 atom stereocenters. The first-order valence-corrected chi connectivity index (χ1v) is 7.35. The average Bonchev–Trinajstić information content (AvgIpc) is 3.02. The lowest BCUT2D eigenvalue weighted by Gasteiger charge is -2.03. The molecule has 0 bridgehead atoms. The number of hydrogen-bond acceptors (Lipinski definition) is 5. The molecule has 0 aliphatic carbocycles. The topological polar surface area (TPSA) is 81.4 Å². The number of rotatable bonds is 4. The van der Waals surface area contributed by atoms with Crippen LogP contribution in [0.1, 0.15) is 11.3 Å². The summed E-state index contributed by atoms with van der Waals surface area (Å²) in [5.74, 6) is 0.599. The molecular weight excluding hydrogens is 288 g/mol. The van der Waals surface area contributed by atoms with Crippen molar-refractivity contribution in [3.63, 3.8) is 0 Å². The van der Waals surface area contributed by atoms with Gasteiger partial charge in [-0.05, 0) is 35.0 Å². The first-order valence-electron chi connectivity index (χ1n) is 6.36. The molecule has 1 N–H and O–H groups in total. The van der Waals surface area contributed by atoms with E-state index in [9.17, 15) is 4.79 Å². The van der Waals surface area contributed by atoms with Crippen molar-refractivity contribution in [1.29, 1.82) is 0 Å². The Bertz CT molecular complexity index is 818. The van der Waals surface area contributed by atoms with E-state index < -0.39 is 0 Å². The van der Waals surface area contributed by atoms with Crippen LogP contribution in [0, 0.1) is 6.92 Å². The first kappa shape index (κ1) is 13.6. The van der Waals surface area contributed by atoms with Crippen LogP contribution in [0.15, 0.2) is 40.3 Å². The molecule has 108 valence electrons. The van der Waals surface area contributed by atoms with E-state index in [0.29, 0.717) is 10.9 Å². The maximum Gasteiger partial charge on any atom is 0.271 e. The Balaban J connectivity index is 1.82. The quantitative estimate of drug-likeness (QED) is 0.734. The maximum absolute atomic E-state index is 12.1. The number of nitrogens with zero attached hydrogens (tertiary/aromatic N) is 5. The maximum atomic E-state index is 12.1. The molecule has 0 amide bonds. The number of H-pyrrole nitrogens is 1. The molecule has 0 saturated heterocycles. The zero-order valence-corrected chi connectivity index (χ0v) is 12.5. The van der Waals surface area contributed by atoms with Crippen LogP contribution in [0.3, 0.4) is 0 Å². The number of thioether (sulfide) groups is 1. The van der Waals surface area contributed by atoms with Crippen LogP contribution in [0.4, 0.5) is 0 Å². The highest BCUT2D eigenvalue weighted by Crippen LogP contribution is 2.17. The SMILES string of the molecule is Cc1cccc(-n2[nH]c(CSc3nnnn3C)cc2=O)c1. The molecule has 0 aliphatic rings. The average molecular weight is 302 g/mol. The molecule has 0 fully saturated rings. The molecule has 0 aliphatic heterocycles. The molecule has 0 radical (unpaired) electrons. The Morgan fingerprint density at radius 2 is 2.19 bits per heavy atom. The molecule has 0 spiro atoms. The number of aromatic nitrogens is 6. The molecule has 0 saturated carbocycles. The van der Waals surface area contributed by atoms with Crippen molar-refractivity contribution in [2.75, 3.05) is 0 Å². The summed E-state index contributed by atoms with van der Waals surface area (Å²) in [6.07, 6.45) is 0. The van der Waals surface area contributed by atoms with Gasteiger partial charge in [-0.25, -0.2) is 9.36 Å². The number of nitrogens with one attached hydrogen (secondary N) is 1. The van der Waals surface area contributed by atoms with Crippen molar-refractivity contribution >= 4 is 11.8 Å². The Hall–Kier alpha value is -2.35. The van der Waals surface area contributed by atoms with Crippen LogP contribution in [0.5, 0.6) is 0 Å². The van der Waals surface area contributed by atoms with Crippen LogP contribution >= 0.6 is 11.8 Å². The molecule has 7 nitrogen and oxygen atoms in total. The number of aromatic amines is 1. The highest BCUT2D eigenvalue weighted by molar-refractivity contribution is 7.98. The Morgan fingerprint density at radius 1 is 1.33 bits per heavy atom. The highest BCUT2D eigenvalue weighted by atomic mass is 32.2. The molecule has 2 aromatic heterocycles. The minimum absolute atomic E-state index is 0.0766. The molecule has 3 aromatic rings. The van der Waals surface area contributed by atoms with Crippen molar-refractivity contribution in [2.45, 2.75) is 17.8 Å². The van der Waals surface area contributed by atoms with Crippen LogP contribution in [-0.2, 0) is 12.8 Å². The van der Waals surface area contributed by atoms with E-state index >= 15 is 0 Å². The zero-order valence-electron chi connectivity index (χ0n) is 11.6. The minimum Gasteiger partial charge on any atom is -0.294 e. The van der Waals surface area contributed by atoms with E-state index in [-0.39, 0.29) is 5.56 Å². The van der Waals surface area contributed by atoms with Gasteiger partial charge in [0.2, 0.25) is 5.16 Å². The summed E-state index contributed by atoms with van der Waals surface area (Å²) in [7, 11) is 1.78. The van der Waals surface area contributed by atoms with Gasteiger partial charge >= 0.3 is 0 Å². The van der Waals surface area contributed by atoms with Crippen molar-refractivity contribution in [3.05, 3.63) is 51.9 Å². The van der Waals surface area contributed by atoms with Gasteiger partial charge in [0, 0.05) is 24.6 Å². The number of benzene rings is 1. The normalized spacial score (nSPS) is 11.0. The van der Waals surface area contributed by atoms with Gasteiger partial charge in [-0.15, -0.1) is 5.10 Å². The Morgan fingerprint density at radius 3 is 2.90 bits per heavy atom. The number of tetrazole rings is 1. The van der Waals surface area contributed by atoms with Crippen LogP contribution in [-0.4, -0.2) is 30.0 Å². The summed E-state index contributed by atoms with van der Waals surface area (Å²) < 4.78 is 3.14. The monoisotopic (exact) mass is 302 g/mol. The van der Waals surface area contributed by atoms with Crippen molar-refractivity contribution in [3.8, 4) is 5.69 Å². The summed E-state index contributed by atoms with van der Waals surface area (Å²) in [5.41, 5.74) is 2.69. The predicted octanol–water partition coefficient (Wildman–Crippen LogP) is 1.29. The van der Waals surface area contributed by atoms with E-state index in [1.807, 2.05) is 31.2 Å². The van der Waals surface area contributed by atoms with Crippen LogP contribution in [0.25, 0.3) is 5.69 Å². The fourth-order valence-corrected chi connectivity index (χ4v) is 2.71. The van der Waals surface area contributed by atoms with Crippen LogP contribution in [0.2, 0.25) is 0 Å². The molecule has 8 heteroatoms. The zero-order chi connectivity index (χ0) is 14.8. The van der Waals surface area contributed by atoms with Gasteiger partial charge in [-0.3, -0.25) is 9.89 Å². The third-order valence-corrected chi connectivity index (χ3v) is 4.03. The Labute approximate surface area is 125 Å². The largest absolute Gasteiger partial charge is 0.294 e. The van der Waals surface area contributed by atoms with E-state index in [2.05, 4.69) is 20.6 Å². The molecule has 2 heterocycles. The summed E-state index contributed by atoms with van der Waals surface area (Å²) in [5, 5.41) is 15.1. The first-order chi connectivity index (χ1) is 10.1. The summed E-state index contributed by atoms with van der Waals surface area (Å²) in [6, 6.07) is 9.38. The van der Waals surface area contributed by atoms with Gasteiger partial charge in [0.1, 0.15) is 0 Å². The van der Waals surface area contributed by atoms with Crippen molar-refractivity contribution in [1.82, 2.24) is 30.0 Å². The van der Waals surface area contributed by atoms with E-state index in [0.717, 1.165) is 16.9 Å². The van der Waals surface area contributed by atoms with Gasteiger partial charge in [0.05, 0.1) is 5.69 Å². The summed E-state index contributed by atoms with van der Waals surface area (Å²) in [6.45, 7) is 2.00. The minimum atomic E-state index is -0.0766. The molecule has 3 rings (SSSR count). The fraction of sp³-hybridized carbons (Fsp3) is 0.231. The predicted molar refractivity (Wildman–Crippen MR) is 79.5 cm³/mol. The third-order valence-electron chi connectivity index (χ3n) is 2.97.